The summed E-state index contributed by atoms with van der Waals surface area (Å²) in [6.07, 6.45) is 6.96. The van der Waals surface area contributed by atoms with Gasteiger partial charge in [0.15, 0.2) is 0 Å². The van der Waals surface area contributed by atoms with E-state index in [1.54, 1.807) is 12.4 Å². The number of hydrogen-bond acceptors (Lipinski definition) is 5. The molecule has 0 aromatic carbocycles. The van der Waals surface area contributed by atoms with Crippen LogP contribution in [0.25, 0.3) is 0 Å². The summed E-state index contributed by atoms with van der Waals surface area (Å²) in [5.74, 6) is 3.12. The minimum atomic E-state index is 0.155. The zero-order chi connectivity index (χ0) is 14.9. The van der Waals surface area contributed by atoms with Crippen molar-refractivity contribution in [3.05, 3.63) is 41.6 Å². The lowest BCUT2D eigenvalue weighted by molar-refractivity contribution is 0.224. The predicted molar refractivity (Wildman–Crippen MR) is 84.5 cm³/mol. The first-order valence-corrected chi connectivity index (χ1v) is 8.02. The number of nitrogens with zero attached hydrogens (tertiary/aromatic N) is 4. The summed E-state index contributed by atoms with van der Waals surface area (Å²) in [6, 6.07) is 5.66. The maximum atomic E-state index is 6.15. The van der Waals surface area contributed by atoms with Crippen LogP contribution in [0.1, 0.15) is 31.0 Å². The van der Waals surface area contributed by atoms with Crippen LogP contribution in [0.4, 0.5) is 5.82 Å². The van der Waals surface area contributed by atoms with E-state index in [1.807, 2.05) is 18.2 Å². The standard InChI is InChI=1S/C16H17ClN4O/c17-14-8-15(20-16(19-14)11-3-4-11)21-7-5-13(10-21)22-12-2-1-6-18-9-12/h1-2,6,8-9,11,13H,3-5,7,10H2. The normalized spacial score (nSPS) is 21.1. The van der Waals surface area contributed by atoms with Crippen molar-refractivity contribution < 1.29 is 4.74 Å². The Bertz CT molecular complexity index is 662. The molecule has 0 amide bonds. The van der Waals surface area contributed by atoms with Crippen molar-refractivity contribution >= 4 is 17.4 Å². The molecule has 0 bridgehead atoms. The quantitative estimate of drug-likeness (QED) is 0.811. The fraction of sp³-hybridized carbons (Fsp3) is 0.438. The van der Waals surface area contributed by atoms with Gasteiger partial charge in [0.1, 0.15) is 28.6 Å². The number of halogens is 1. The number of hydrogen-bond donors (Lipinski definition) is 0. The molecule has 1 aliphatic heterocycles. The molecule has 1 saturated carbocycles. The minimum absolute atomic E-state index is 0.155. The zero-order valence-electron chi connectivity index (χ0n) is 12.2. The van der Waals surface area contributed by atoms with Crippen LogP contribution < -0.4 is 9.64 Å². The topological polar surface area (TPSA) is 51.1 Å². The number of rotatable bonds is 4. The van der Waals surface area contributed by atoms with E-state index in [-0.39, 0.29) is 6.10 Å². The van der Waals surface area contributed by atoms with E-state index in [0.717, 1.165) is 36.9 Å². The van der Waals surface area contributed by atoms with Crippen LogP contribution in [0.3, 0.4) is 0 Å². The Morgan fingerprint density at radius 2 is 2.14 bits per heavy atom. The third-order valence-corrected chi connectivity index (χ3v) is 4.24. The van der Waals surface area contributed by atoms with Gasteiger partial charge in [-0.25, -0.2) is 9.97 Å². The lowest BCUT2D eigenvalue weighted by Crippen LogP contribution is -2.25. The van der Waals surface area contributed by atoms with E-state index < -0.39 is 0 Å². The van der Waals surface area contributed by atoms with Gasteiger partial charge in [-0.3, -0.25) is 4.98 Å². The van der Waals surface area contributed by atoms with Gasteiger partial charge >= 0.3 is 0 Å². The van der Waals surface area contributed by atoms with Crippen LogP contribution in [-0.2, 0) is 0 Å². The number of pyridine rings is 1. The molecule has 6 heteroatoms. The van der Waals surface area contributed by atoms with E-state index in [1.165, 1.54) is 12.8 Å². The van der Waals surface area contributed by atoms with Crippen molar-refractivity contribution in [3.8, 4) is 5.75 Å². The summed E-state index contributed by atoms with van der Waals surface area (Å²) in [6.45, 7) is 1.73. The van der Waals surface area contributed by atoms with Gasteiger partial charge in [-0.15, -0.1) is 0 Å². The first kappa shape index (κ1) is 13.8. The van der Waals surface area contributed by atoms with Crippen LogP contribution in [0.5, 0.6) is 5.75 Å². The third kappa shape index (κ3) is 2.99. The Morgan fingerprint density at radius 1 is 1.23 bits per heavy atom. The highest BCUT2D eigenvalue weighted by Gasteiger charge is 2.30. The van der Waals surface area contributed by atoms with Gasteiger partial charge in [-0.2, -0.15) is 0 Å². The van der Waals surface area contributed by atoms with Gasteiger partial charge in [0, 0.05) is 31.1 Å². The molecule has 3 heterocycles. The highest BCUT2D eigenvalue weighted by molar-refractivity contribution is 6.29. The van der Waals surface area contributed by atoms with Crippen LogP contribution in [0, 0.1) is 0 Å². The monoisotopic (exact) mass is 316 g/mol. The van der Waals surface area contributed by atoms with Gasteiger partial charge in [-0.05, 0) is 25.0 Å². The SMILES string of the molecule is Clc1cc(N2CCC(Oc3cccnc3)C2)nc(C2CC2)n1. The molecular weight excluding hydrogens is 300 g/mol. The maximum Gasteiger partial charge on any atom is 0.138 e. The molecule has 2 aromatic heterocycles. The highest BCUT2D eigenvalue weighted by atomic mass is 35.5. The van der Waals surface area contributed by atoms with E-state index >= 15 is 0 Å². The lowest BCUT2D eigenvalue weighted by Gasteiger charge is -2.18. The summed E-state index contributed by atoms with van der Waals surface area (Å²) in [5.41, 5.74) is 0. The Morgan fingerprint density at radius 3 is 2.91 bits per heavy atom. The van der Waals surface area contributed by atoms with Crippen molar-refractivity contribution in [3.63, 3.8) is 0 Å². The second kappa shape index (κ2) is 5.72. The van der Waals surface area contributed by atoms with Crippen molar-refractivity contribution in [2.45, 2.75) is 31.3 Å². The van der Waals surface area contributed by atoms with E-state index in [0.29, 0.717) is 11.1 Å². The largest absolute Gasteiger partial charge is 0.487 e. The molecule has 1 aliphatic carbocycles. The van der Waals surface area contributed by atoms with Crippen LogP contribution in [0.2, 0.25) is 5.15 Å². The summed E-state index contributed by atoms with van der Waals surface area (Å²) >= 11 is 6.15. The predicted octanol–water partition coefficient (Wildman–Crippen LogP) is 3.06. The van der Waals surface area contributed by atoms with E-state index in [2.05, 4.69) is 19.9 Å². The van der Waals surface area contributed by atoms with E-state index in [9.17, 15) is 0 Å². The number of anilines is 1. The molecule has 2 aliphatic rings. The van der Waals surface area contributed by atoms with Gasteiger partial charge in [-0.1, -0.05) is 11.6 Å². The molecule has 0 N–H and O–H groups in total. The molecule has 5 nitrogen and oxygen atoms in total. The smallest absolute Gasteiger partial charge is 0.138 e. The summed E-state index contributed by atoms with van der Waals surface area (Å²) in [5, 5.41) is 0.531. The highest BCUT2D eigenvalue weighted by Crippen LogP contribution is 2.39. The number of aromatic nitrogens is 3. The van der Waals surface area contributed by atoms with Crippen LogP contribution >= 0.6 is 11.6 Å². The lowest BCUT2D eigenvalue weighted by atomic mass is 10.3. The maximum absolute atomic E-state index is 6.15. The van der Waals surface area contributed by atoms with Crippen molar-refractivity contribution in [1.82, 2.24) is 15.0 Å². The molecule has 1 unspecified atom stereocenters. The molecule has 22 heavy (non-hydrogen) atoms. The van der Waals surface area contributed by atoms with Gasteiger partial charge in [0.2, 0.25) is 0 Å². The Balaban J connectivity index is 1.46. The van der Waals surface area contributed by atoms with Crippen LogP contribution in [0.15, 0.2) is 30.6 Å². The first-order valence-electron chi connectivity index (χ1n) is 7.64. The molecule has 2 fully saturated rings. The fourth-order valence-electron chi connectivity index (χ4n) is 2.75. The zero-order valence-corrected chi connectivity index (χ0v) is 12.9. The Hall–Kier alpha value is -1.88. The minimum Gasteiger partial charge on any atom is -0.487 e. The molecule has 4 rings (SSSR count). The molecule has 2 aromatic rings. The molecule has 0 spiro atoms. The first-order chi connectivity index (χ1) is 10.8. The Kier molecular flexibility index (Phi) is 3.58. The van der Waals surface area contributed by atoms with Gasteiger partial charge in [0.25, 0.3) is 0 Å². The molecule has 1 atom stereocenters. The molecule has 0 radical (unpaired) electrons. The van der Waals surface area contributed by atoms with Crippen molar-refractivity contribution in [2.24, 2.45) is 0 Å². The molecule has 114 valence electrons. The van der Waals surface area contributed by atoms with Gasteiger partial charge in [0.05, 0.1) is 12.7 Å². The summed E-state index contributed by atoms with van der Waals surface area (Å²) in [7, 11) is 0. The molecular formula is C16H17ClN4O. The third-order valence-electron chi connectivity index (χ3n) is 4.05. The Labute approximate surface area is 134 Å². The average molecular weight is 317 g/mol. The second-order valence-electron chi connectivity index (χ2n) is 5.84. The molecule has 1 saturated heterocycles. The summed E-state index contributed by atoms with van der Waals surface area (Å²) < 4.78 is 5.97. The van der Waals surface area contributed by atoms with Crippen molar-refractivity contribution in [1.29, 1.82) is 0 Å². The van der Waals surface area contributed by atoms with Gasteiger partial charge < -0.3 is 9.64 Å². The second-order valence-corrected chi connectivity index (χ2v) is 6.23. The van der Waals surface area contributed by atoms with E-state index in [4.69, 9.17) is 16.3 Å². The summed E-state index contributed by atoms with van der Waals surface area (Å²) in [4.78, 5) is 15.3. The average Bonchev–Trinajstić information content (AvgIpc) is 3.28. The fourth-order valence-corrected chi connectivity index (χ4v) is 2.93. The van der Waals surface area contributed by atoms with Crippen LogP contribution in [-0.4, -0.2) is 34.1 Å². The number of ether oxygens (including phenoxy) is 1. The van der Waals surface area contributed by atoms with Crippen molar-refractivity contribution in [2.75, 3.05) is 18.0 Å².